The first-order valence-electron chi connectivity index (χ1n) is 4.13. The molecular weight excluding hydrogens is 172 g/mol. The van der Waals surface area contributed by atoms with E-state index in [-0.39, 0.29) is 19.0 Å². The molecule has 0 unspecified atom stereocenters. The van der Waals surface area contributed by atoms with Crippen molar-refractivity contribution in [2.45, 2.75) is 6.92 Å². The molecule has 13 heavy (non-hydrogen) atoms. The molecule has 0 saturated heterocycles. The van der Waals surface area contributed by atoms with Gasteiger partial charge in [0, 0.05) is 7.05 Å². The van der Waals surface area contributed by atoms with Gasteiger partial charge >= 0.3 is 5.97 Å². The van der Waals surface area contributed by atoms with Gasteiger partial charge < -0.3 is 15.0 Å². The summed E-state index contributed by atoms with van der Waals surface area (Å²) in [5, 5.41) is 2.88. The fourth-order valence-corrected chi connectivity index (χ4v) is 0.713. The molecule has 0 heterocycles. The quantitative estimate of drug-likeness (QED) is 0.575. The lowest BCUT2D eigenvalue weighted by Crippen LogP contribution is -2.38. The summed E-state index contributed by atoms with van der Waals surface area (Å²) in [7, 11) is 2.86. The van der Waals surface area contributed by atoms with Crippen LogP contribution < -0.4 is 5.32 Å². The maximum Gasteiger partial charge on any atom is 0.325 e. The number of rotatable bonds is 5. The third-order valence-electron chi connectivity index (χ3n) is 1.55. The van der Waals surface area contributed by atoms with Crippen molar-refractivity contribution in [3.05, 3.63) is 0 Å². The first-order chi connectivity index (χ1) is 6.11. The van der Waals surface area contributed by atoms with E-state index in [4.69, 9.17) is 0 Å². The molecule has 0 bridgehead atoms. The molecule has 0 aromatic carbocycles. The number of nitrogens with zero attached hydrogens (tertiary/aromatic N) is 1. The van der Waals surface area contributed by atoms with Crippen molar-refractivity contribution < 1.29 is 14.3 Å². The lowest BCUT2D eigenvalue weighted by Gasteiger charge is -2.15. The van der Waals surface area contributed by atoms with Crippen LogP contribution in [0.3, 0.4) is 0 Å². The second kappa shape index (κ2) is 6.42. The summed E-state index contributed by atoms with van der Waals surface area (Å²) in [5.74, 6) is -0.528. The van der Waals surface area contributed by atoms with Gasteiger partial charge in [0.25, 0.3) is 0 Å². The molecule has 1 N–H and O–H groups in total. The van der Waals surface area contributed by atoms with Crippen LogP contribution in [0.1, 0.15) is 6.92 Å². The molecule has 1 amide bonds. The van der Waals surface area contributed by atoms with E-state index in [1.165, 1.54) is 12.0 Å². The zero-order valence-electron chi connectivity index (χ0n) is 8.29. The molecular formula is C8H16N2O3. The Morgan fingerprint density at radius 1 is 1.46 bits per heavy atom. The van der Waals surface area contributed by atoms with Crippen molar-refractivity contribution in [3.8, 4) is 0 Å². The highest BCUT2D eigenvalue weighted by atomic mass is 16.5. The highest BCUT2D eigenvalue weighted by Crippen LogP contribution is 1.85. The van der Waals surface area contributed by atoms with Gasteiger partial charge in [-0.1, -0.05) is 6.92 Å². The second-order valence-corrected chi connectivity index (χ2v) is 2.61. The fourth-order valence-electron chi connectivity index (χ4n) is 0.713. The zero-order chi connectivity index (χ0) is 10.3. The number of ether oxygens (including phenoxy) is 1. The maximum atomic E-state index is 11.2. The Balaban J connectivity index is 3.75. The molecule has 0 atom stereocenters. The van der Waals surface area contributed by atoms with E-state index in [1.54, 1.807) is 7.05 Å². The Morgan fingerprint density at radius 3 is 2.54 bits per heavy atom. The SMILES string of the molecule is CCNCC(=O)N(C)CC(=O)OC. The molecule has 0 rings (SSSR count). The van der Waals surface area contributed by atoms with Crippen molar-refractivity contribution >= 4 is 11.9 Å². The smallest absolute Gasteiger partial charge is 0.325 e. The average molecular weight is 188 g/mol. The van der Waals surface area contributed by atoms with Gasteiger partial charge in [-0.15, -0.1) is 0 Å². The molecule has 0 fully saturated rings. The van der Waals surface area contributed by atoms with Crippen LogP contribution in [0.15, 0.2) is 0 Å². The lowest BCUT2D eigenvalue weighted by molar-refractivity contribution is -0.145. The van der Waals surface area contributed by atoms with Crippen LogP contribution in [-0.4, -0.2) is 50.6 Å². The third-order valence-corrected chi connectivity index (χ3v) is 1.55. The summed E-state index contributed by atoms with van der Waals surface area (Å²) in [6.45, 7) is 2.90. The van der Waals surface area contributed by atoms with E-state index < -0.39 is 5.97 Å². The molecule has 5 nitrogen and oxygen atoms in total. The minimum absolute atomic E-state index is 0.000722. The Bertz CT molecular complexity index is 182. The van der Waals surface area contributed by atoms with Gasteiger partial charge in [0.05, 0.1) is 13.7 Å². The summed E-state index contributed by atoms with van der Waals surface area (Å²) in [6, 6.07) is 0. The number of carbonyl (C=O) groups excluding carboxylic acids is 2. The molecule has 0 aliphatic heterocycles. The molecule has 0 aromatic rings. The largest absolute Gasteiger partial charge is 0.468 e. The number of amides is 1. The molecule has 0 aliphatic rings. The second-order valence-electron chi connectivity index (χ2n) is 2.61. The monoisotopic (exact) mass is 188 g/mol. The van der Waals surface area contributed by atoms with Crippen molar-refractivity contribution in [1.29, 1.82) is 0 Å². The van der Waals surface area contributed by atoms with Crippen LogP contribution in [0.2, 0.25) is 0 Å². The Morgan fingerprint density at radius 2 is 2.08 bits per heavy atom. The van der Waals surface area contributed by atoms with E-state index in [9.17, 15) is 9.59 Å². The van der Waals surface area contributed by atoms with Gasteiger partial charge in [0.1, 0.15) is 6.54 Å². The minimum Gasteiger partial charge on any atom is -0.468 e. The highest BCUT2D eigenvalue weighted by Gasteiger charge is 2.11. The van der Waals surface area contributed by atoms with Crippen molar-refractivity contribution in [3.63, 3.8) is 0 Å². The van der Waals surface area contributed by atoms with Crippen LogP contribution >= 0.6 is 0 Å². The molecule has 0 saturated carbocycles. The van der Waals surface area contributed by atoms with Crippen LogP contribution in [0.25, 0.3) is 0 Å². The number of carbonyl (C=O) groups is 2. The molecule has 0 spiro atoms. The third kappa shape index (κ3) is 5.19. The average Bonchev–Trinajstić information content (AvgIpc) is 2.13. The number of esters is 1. The van der Waals surface area contributed by atoms with Gasteiger partial charge in [-0.05, 0) is 6.54 Å². The van der Waals surface area contributed by atoms with Crippen molar-refractivity contribution in [1.82, 2.24) is 10.2 Å². The topological polar surface area (TPSA) is 58.6 Å². The first kappa shape index (κ1) is 11.9. The first-order valence-corrected chi connectivity index (χ1v) is 4.13. The zero-order valence-corrected chi connectivity index (χ0v) is 8.29. The molecule has 76 valence electrons. The summed E-state index contributed by atoms with van der Waals surface area (Å²) < 4.78 is 4.42. The van der Waals surface area contributed by atoms with Crippen LogP contribution in [0, 0.1) is 0 Å². The molecule has 0 aromatic heterocycles. The molecule has 0 aliphatic carbocycles. The number of methoxy groups -OCH3 is 1. The molecule has 5 heteroatoms. The van der Waals surface area contributed by atoms with Gasteiger partial charge in [0.2, 0.25) is 5.91 Å². The number of hydrogen-bond donors (Lipinski definition) is 1. The van der Waals surface area contributed by atoms with E-state index in [0.29, 0.717) is 0 Å². The van der Waals surface area contributed by atoms with Gasteiger partial charge in [-0.25, -0.2) is 0 Å². The van der Waals surface area contributed by atoms with E-state index in [0.717, 1.165) is 6.54 Å². The number of nitrogens with one attached hydrogen (secondary N) is 1. The summed E-state index contributed by atoms with van der Waals surface area (Å²) in [4.78, 5) is 23.3. The van der Waals surface area contributed by atoms with Gasteiger partial charge in [-0.3, -0.25) is 9.59 Å². The normalized spacial score (nSPS) is 9.46. The van der Waals surface area contributed by atoms with E-state index in [2.05, 4.69) is 10.1 Å². The maximum absolute atomic E-state index is 11.2. The van der Waals surface area contributed by atoms with Gasteiger partial charge in [-0.2, -0.15) is 0 Å². The minimum atomic E-state index is -0.410. The van der Waals surface area contributed by atoms with E-state index >= 15 is 0 Å². The lowest BCUT2D eigenvalue weighted by atomic mass is 10.4. The fraction of sp³-hybridized carbons (Fsp3) is 0.750. The number of hydrogen-bond acceptors (Lipinski definition) is 4. The predicted octanol–water partition coefficient (Wildman–Crippen LogP) is -0.773. The number of likely N-dealkylation sites (N-methyl/N-ethyl adjacent to an activating group) is 2. The van der Waals surface area contributed by atoms with Crippen molar-refractivity contribution in [2.75, 3.05) is 33.8 Å². The standard InChI is InChI=1S/C8H16N2O3/c1-4-9-5-7(11)10(2)6-8(12)13-3/h9H,4-6H2,1-3H3. The predicted molar refractivity (Wildman–Crippen MR) is 48.2 cm³/mol. The van der Waals surface area contributed by atoms with Crippen molar-refractivity contribution in [2.24, 2.45) is 0 Å². The molecule has 0 radical (unpaired) electrons. The van der Waals surface area contributed by atoms with Gasteiger partial charge in [0.15, 0.2) is 0 Å². The van der Waals surface area contributed by atoms with Crippen LogP contribution in [0.5, 0.6) is 0 Å². The Labute approximate surface area is 78.0 Å². The summed E-state index contributed by atoms with van der Waals surface area (Å²) >= 11 is 0. The van der Waals surface area contributed by atoms with Crippen LogP contribution in [0.4, 0.5) is 0 Å². The Hall–Kier alpha value is -1.10. The van der Waals surface area contributed by atoms with E-state index in [1.807, 2.05) is 6.92 Å². The summed E-state index contributed by atoms with van der Waals surface area (Å²) in [6.07, 6.45) is 0. The Kier molecular flexibility index (Phi) is 5.88. The summed E-state index contributed by atoms with van der Waals surface area (Å²) in [5.41, 5.74) is 0. The van der Waals surface area contributed by atoms with Crippen LogP contribution in [-0.2, 0) is 14.3 Å². The highest BCUT2D eigenvalue weighted by molar-refractivity contribution is 5.83.